The maximum Gasteiger partial charge on any atom is 0.270 e. The molecule has 40 heavy (non-hydrogen) atoms. The van der Waals surface area contributed by atoms with Gasteiger partial charge in [-0.2, -0.15) is 0 Å². The third-order valence-corrected chi connectivity index (χ3v) is 10.3. The molecule has 0 atom stereocenters. The Morgan fingerprint density at radius 3 is 2.08 bits per heavy atom. The largest absolute Gasteiger partial charge is 0.318 e. The van der Waals surface area contributed by atoms with Crippen LogP contribution in [-0.2, 0) is 15.0 Å². The fraction of sp³-hybridized carbons (Fsp3) is 0.364. The van der Waals surface area contributed by atoms with Crippen molar-refractivity contribution < 1.29 is 9.59 Å². The van der Waals surface area contributed by atoms with E-state index in [1.807, 2.05) is 13.0 Å². The van der Waals surface area contributed by atoms with Crippen LogP contribution in [0, 0.1) is 31.6 Å². The first-order valence-corrected chi connectivity index (χ1v) is 15.0. The van der Waals surface area contributed by atoms with Crippen molar-refractivity contribution in [3.63, 3.8) is 0 Å². The van der Waals surface area contributed by atoms with Crippen molar-refractivity contribution in [2.75, 3.05) is 4.90 Å². The lowest BCUT2D eigenvalue weighted by molar-refractivity contribution is -0.122. The van der Waals surface area contributed by atoms with E-state index in [1.165, 1.54) is 49.0 Å². The number of hydrogen-bond acceptors (Lipinski definition) is 3. The number of anilines is 1. The number of aromatic nitrogens is 1. The first-order chi connectivity index (χ1) is 19.2. The predicted octanol–water partition coefficient (Wildman–Crippen LogP) is 7.05. The van der Waals surface area contributed by atoms with Gasteiger partial charge in [0.25, 0.3) is 11.8 Å². The Bertz CT molecular complexity index is 1550. The van der Waals surface area contributed by atoms with Gasteiger partial charge in [-0.05, 0) is 147 Å². The fourth-order valence-electron chi connectivity index (χ4n) is 8.40. The molecule has 3 aromatic rings. The van der Waals surface area contributed by atoms with Crippen LogP contribution in [0.2, 0.25) is 5.02 Å². The van der Waals surface area contributed by atoms with Crippen molar-refractivity contribution in [2.45, 2.75) is 57.8 Å². The minimum absolute atomic E-state index is 0.0426. The third kappa shape index (κ3) is 4.15. The maximum absolute atomic E-state index is 13.5. The van der Waals surface area contributed by atoms with E-state index < -0.39 is 11.8 Å². The molecule has 4 aliphatic carbocycles. The molecule has 2 amide bonds. The summed E-state index contributed by atoms with van der Waals surface area (Å²) in [4.78, 5) is 27.7. The average Bonchev–Trinajstić information content (AvgIpc) is 3.19. The smallest absolute Gasteiger partial charge is 0.270 e. The normalized spacial score (nSPS) is 28.5. The second-order valence-corrected chi connectivity index (χ2v) is 13.2. The van der Waals surface area contributed by atoms with Gasteiger partial charge in [0.2, 0.25) is 0 Å². The quantitative estimate of drug-likeness (QED) is 0.208. The molecule has 4 bridgehead atoms. The molecule has 0 radical (unpaired) electrons. The molecular weight excluding hydrogens is 538 g/mol. The van der Waals surface area contributed by atoms with E-state index in [2.05, 4.69) is 41.1 Å². The second kappa shape index (κ2) is 9.42. The summed E-state index contributed by atoms with van der Waals surface area (Å²) >= 11 is 11.4. The lowest BCUT2D eigenvalue weighted by atomic mass is 9.48. The zero-order valence-corrected chi connectivity index (χ0v) is 24.3. The number of carbonyl (C=O) groups is 2. The van der Waals surface area contributed by atoms with Crippen LogP contribution in [0.15, 0.2) is 60.2 Å². The van der Waals surface area contributed by atoms with Crippen LogP contribution in [0.25, 0.3) is 11.8 Å². The molecule has 1 aliphatic heterocycles. The lowest BCUT2D eigenvalue weighted by Gasteiger charge is -2.57. The highest BCUT2D eigenvalue weighted by molar-refractivity contribution is 7.80. The van der Waals surface area contributed by atoms with Gasteiger partial charge in [-0.15, -0.1) is 0 Å². The molecule has 1 N–H and O–H groups in total. The second-order valence-electron chi connectivity index (χ2n) is 12.3. The molecule has 204 valence electrons. The number of aryl methyl sites for hydroxylation is 1. The van der Waals surface area contributed by atoms with E-state index in [1.54, 1.807) is 30.3 Å². The van der Waals surface area contributed by atoms with Crippen LogP contribution >= 0.6 is 23.8 Å². The van der Waals surface area contributed by atoms with Crippen molar-refractivity contribution >= 4 is 52.5 Å². The van der Waals surface area contributed by atoms with Gasteiger partial charge in [-0.1, -0.05) is 23.7 Å². The molecule has 0 unspecified atom stereocenters. The van der Waals surface area contributed by atoms with Crippen LogP contribution in [0.1, 0.15) is 61.0 Å². The maximum atomic E-state index is 13.5. The van der Waals surface area contributed by atoms with Crippen LogP contribution in [0.3, 0.4) is 0 Å². The molecule has 5 fully saturated rings. The minimum Gasteiger partial charge on any atom is -0.318 e. The van der Waals surface area contributed by atoms with Crippen LogP contribution < -0.4 is 10.2 Å². The lowest BCUT2D eigenvalue weighted by Crippen LogP contribution is -2.54. The predicted molar refractivity (Wildman–Crippen MR) is 163 cm³/mol. The molecule has 1 aromatic heterocycles. The molecule has 7 heteroatoms. The summed E-state index contributed by atoms with van der Waals surface area (Å²) in [5, 5.41) is 3.27. The van der Waals surface area contributed by atoms with E-state index in [4.69, 9.17) is 23.8 Å². The van der Waals surface area contributed by atoms with Gasteiger partial charge in [0.15, 0.2) is 5.11 Å². The van der Waals surface area contributed by atoms with Crippen molar-refractivity contribution in [1.82, 2.24) is 9.88 Å². The van der Waals surface area contributed by atoms with Crippen LogP contribution in [-0.4, -0.2) is 21.5 Å². The van der Waals surface area contributed by atoms with Crippen LogP contribution in [0.5, 0.6) is 0 Å². The molecule has 0 spiro atoms. The molecule has 2 heterocycles. The van der Waals surface area contributed by atoms with Gasteiger partial charge in [0, 0.05) is 22.1 Å². The van der Waals surface area contributed by atoms with E-state index in [0.29, 0.717) is 16.1 Å². The average molecular weight is 570 g/mol. The van der Waals surface area contributed by atoms with Gasteiger partial charge in [0.1, 0.15) is 5.57 Å². The van der Waals surface area contributed by atoms with Gasteiger partial charge in [-0.3, -0.25) is 19.8 Å². The summed E-state index contributed by atoms with van der Waals surface area (Å²) in [6.07, 6.45) is 10.1. The van der Waals surface area contributed by atoms with Gasteiger partial charge in [-0.25, -0.2) is 0 Å². The Hall–Kier alpha value is -3.22. The number of halogens is 1. The van der Waals surface area contributed by atoms with Crippen molar-refractivity contribution in [2.24, 2.45) is 17.8 Å². The monoisotopic (exact) mass is 569 g/mol. The topological polar surface area (TPSA) is 54.3 Å². The first-order valence-electron chi connectivity index (χ1n) is 14.2. The Kier molecular flexibility index (Phi) is 6.06. The highest BCUT2D eigenvalue weighted by atomic mass is 35.5. The highest BCUT2D eigenvalue weighted by Crippen LogP contribution is 2.60. The first kappa shape index (κ1) is 25.7. The van der Waals surface area contributed by atoms with E-state index in [9.17, 15) is 9.59 Å². The van der Waals surface area contributed by atoms with Gasteiger partial charge < -0.3 is 4.57 Å². The van der Waals surface area contributed by atoms with E-state index >= 15 is 0 Å². The zero-order valence-electron chi connectivity index (χ0n) is 22.7. The fourth-order valence-corrected chi connectivity index (χ4v) is 8.80. The number of rotatable bonds is 4. The number of nitrogens with one attached hydrogen (secondary N) is 1. The summed E-state index contributed by atoms with van der Waals surface area (Å²) in [6.45, 7) is 4.08. The van der Waals surface area contributed by atoms with Crippen molar-refractivity contribution in [1.29, 1.82) is 0 Å². The molecule has 5 nitrogen and oxygen atoms in total. The zero-order chi connectivity index (χ0) is 27.8. The van der Waals surface area contributed by atoms with Crippen LogP contribution in [0.4, 0.5) is 5.69 Å². The highest BCUT2D eigenvalue weighted by Gasteiger charge is 2.51. The van der Waals surface area contributed by atoms with Gasteiger partial charge in [0.05, 0.1) is 5.69 Å². The summed E-state index contributed by atoms with van der Waals surface area (Å²) < 4.78 is 2.20. The molecule has 2 aromatic carbocycles. The summed E-state index contributed by atoms with van der Waals surface area (Å²) in [6, 6.07) is 18.0. The minimum atomic E-state index is -0.495. The van der Waals surface area contributed by atoms with Gasteiger partial charge >= 0.3 is 0 Å². The standard InChI is InChI=1S/C33H32ClN3O2S/c1-19-11-24(15-29-30(38)35-32(40)37(31(29)39)28-9-5-26(34)6-10-28)20(2)36(19)27-7-3-25(4-8-27)33-16-21-12-22(17-33)14-23(13-21)18-33/h3-11,15,21-23H,12-14,16-18H2,1-2H3,(H,35,38,40)/b29-15+. The Morgan fingerprint density at radius 1 is 0.900 bits per heavy atom. The molecular formula is C33H32ClN3O2S. The Balaban J connectivity index is 1.19. The van der Waals surface area contributed by atoms with Crippen molar-refractivity contribution in [3.05, 3.63) is 87.7 Å². The number of benzene rings is 2. The number of thiocarbonyl (C=S) groups is 1. The number of carbonyl (C=O) groups excluding carboxylic acids is 2. The Morgan fingerprint density at radius 2 is 1.48 bits per heavy atom. The number of amides is 2. The van der Waals surface area contributed by atoms with E-state index in [0.717, 1.165) is 40.4 Å². The molecule has 5 aliphatic rings. The molecule has 1 saturated heterocycles. The number of nitrogens with zero attached hydrogens (tertiary/aromatic N) is 2. The number of hydrogen-bond donors (Lipinski definition) is 1. The Labute approximate surface area is 245 Å². The SMILES string of the molecule is Cc1cc(/C=C2\C(=O)NC(=S)N(c3ccc(Cl)cc3)C2=O)c(C)n1-c1ccc(C23CC4CC(CC(C4)C2)C3)cc1. The third-order valence-electron chi connectivity index (χ3n) is 9.73. The molecule has 8 rings (SSSR count). The van der Waals surface area contributed by atoms with E-state index in [-0.39, 0.29) is 10.7 Å². The summed E-state index contributed by atoms with van der Waals surface area (Å²) in [7, 11) is 0. The summed E-state index contributed by atoms with van der Waals surface area (Å²) in [5.41, 5.74) is 6.40. The summed E-state index contributed by atoms with van der Waals surface area (Å²) in [5.74, 6) is 1.80. The van der Waals surface area contributed by atoms with Crippen molar-refractivity contribution in [3.8, 4) is 5.69 Å². The molecule has 4 saturated carbocycles.